The predicted octanol–water partition coefficient (Wildman–Crippen LogP) is 1.20. The molecule has 2 unspecified atom stereocenters. The molecule has 0 saturated heterocycles. The average molecular weight is 310 g/mol. The number of amides is 1. The van der Waals surface area contributed by atoms with E-state index in [0.29, 0.717) is 11.8 Å². The Morgan fingerprint density at radius 2 is 2.09 bits per heavy atom. The van der Waals surface area contributed by atoms with Crippen LogP contribution < -0.4 is 5.32 Å². The first-order chi connectivity index (χ1) is 10.2. The molecule has 1 aromatic heterocycles. The van der Waals surface area contributed by atoms with Gasteiger partial charge in [0.2, 0.25) is 0 Å². The second kappa shape index (κ2) is 7.86. The normalized spacial score (nSPS) is 14.0. The van der Waals surface area contributed by atoms with Crippen LogP contribution in [0.25, 0.3) is 0 Å². The molecule has 22 heavy (non-hydrogen) atoms. The molecule has 7 heteroatoms. The lowest BCUT2D eigenvalue weighted by Crippen LogP contribution is -2.34. The molecule has 0 aliphatic heterocycles. The molecule has 0 aromatic carbocycles. The van der Waals surface area contributed by atoms with Crippen LogP contribution >= 0.6 is 0 Å². The van der Waals surface area contributed by atoms with Crippen molar-refractivity contribution in [1.82, 2.24) is 10.3 Å². The monoisotopic (exact) mass is 310 g/mol. The third-order valence-corrected chi connectivity index (χ3v) is 2.72. The van der Waals surface area contributed by atoms with E-state index in [1.165, 1.54) is 18.3 Å². The van der Waals surface area contributed by atoms with E-state index in [1.54, 1.807) is 20.8 Å². The van der Waals surface area contributed by atoms with Gasteiger partial charge in [-0.1, -0.05) is 0 Å². The van der Waals surface area contributed by atoms with Gasteiger partial charge in [0.25, 0.3) is 0 Å². The minimum Gasteiger partial charge on any atom is -0.444 e. The van der Waals surface area contributed by atoms with Gasteiger partial charge in [0, 0.05) is 18.3 Å². The number of carbonyl (C=O) groups excluding carboxylic acids is 2. The summed E-state index contributed by atoms with van der Waals surface area (Å²) >= 11 is 0. The van der Waals surface area contributed by atoms with Gasteiger partial charge in [-0.25, -0.2) is 4.79 Å². The van der Waals surface area contributed by atoms with E-state index in [-0.39, 0.29) is 18.7 Å². The van der Waals surface area contributed by atoms with E-state index < -0.39 is 23.9 Å². The Morgan fingerprint density at radius 1 is 1.41 bits per heavy atom. The van der Waals surface area contributed by atoms with Crippen molar-refractivity contribution in [3.05, 3.63) is 29.6 Å². The van der Waals surface area contributed by atoms with Gasteiger partial charge >= 0.3 is 6.09 Å². The highest BCUT2D eigenvalue weighted by atomic mass is 16.6. The van der Waals surface area contributed by atoms with Crippen LogP contribution in [0, 0.1) is 0 Å². The van der Waals surface area contributed by atoms with Crippen LogP contribution in [0.1, 0.15) is 49.3 Å². The van der Waals surface area contributed by atoms with Gasteiger partial charge in [0.15, 0.2) is 6.29 Å². The maximum Gasteiger partial charge on any atom is 0.407 e. The molecule has 0 saturated carbocycles. The molecule has 0 bridgehead atoms. The minimum absolute atomic E-state index is 0.136. The van der Waals surface area contributed by atoms with Crippen molar-refractivity contribution in [3.63, 3.8) is 0 Å². The van der Waals surface area contributed by atoms with E-state index >= 15 is 0 Å². The first kappa shape index (κ1) is 18.1. The van der Waals surface area contributed by atoms with E-state index in [1.807, 2.05) is 0 Å². The van der Waals surface area contributed by atoms with Crippen molar-refractivity contribution in [1.29, 1.82) is 0 Å². The highest BCUT2D eigenvalue weighted by Gasteiger charge is 2.20. The number of aliphatic hydroxyl groups excluding tert-OH is 2. The molecule has 1 amide bonds. The summed E-state index contributed by atoms with van der Waals surface area (Å²) in [5.41, 5.74) is 0.0549. The van der Waals surface area contributed by atoms with Crippen LogP contribution in [0.5, 0.6) is 0 Å². The minimum atomic E-state index is -1.19. The number of nitrogens with zero attached hydrogens (tertiary/aromatic N) is 1. The predicted molar refractivity (Wildman–Crippen MR) is 79.4 cm³/mol. The molecule has 0 radical (unpaired) electrons. The zero-order chi connectivity index (χ0) is 16.8. The summed E-state index contributed by atoms with van der Waals surface area (Å²) in [7, 11) is 0. The zero-order valence-electron chi connectivity index (χ0n) is 12.9. The first-order valence-corrected chi connectivity index (χ1v) is 6.97. The average Bonchev–Trinajstić information content (AvgIpc) is 2.44. The summed E-state index contributed by atoms with van der Waals surface area (Å²) in [5, 5.41) is 22.3. The number of nitrogens with one attached hydrogen (secondary N) is 1. The van der Waals surface area contributed by atoms with Crippen molar-refractivity contribution >= 4 is 12.4 Å². The summed E-state index contributed by atoms with van der Waals surface area (Å²) in [6, 6.07) is 2.98. The summed E-state index contributed by atoms with van der Waals surface area (Å²) in [4.78, 5) is 25.9. The lowest BCUT2D eigenvalue weighted by atomic mass is 10.1. The van der Waals surface area contributed by atoms with Gasteiger partial charge in [0.05, 0.1) is 11.8 Å². The molecule has 7 nitrogen and oxygen atoms in total. The molecule has 0 aliphatic rings. The third-order valence-electron chi connectivity index (χ3n) is 2.72. The molecule has 3 N–H and O–H groups in total. The molecule has 1 aromatic rings. The number of hydrogen-bond acceptors (Lipinski definition) is 6. The maximum atomic E-state index is 11.4. The standard InChI is InChI=1S/C15H22N2O5/c1-15(2,3)22-14(21)16-7-6-12(19)13(20)11-5-4-10(9-18)8-17-11/h4-5,8-9,12-13,19-20H,6-7H2,1-3H3,(H,16,21). The third kappa shape index (κ3) is 6.19. The van der Waals surface area contributed by atoms with Crippen molar-refractivity contribution in [2.24, 2.45) is 0 Å². The topological polar surface area (TPSA) is 109 Å². The number of aldehydes is 1. The van der Waals surface area contributed by atoms with Gasteiger partial charge in [-0.2, -0.15) is 0 Å². The number of pyridine rings is 1. The Bertz CT molecular complexity index is 496. The number of carbonyl (C=O) groups is 2. The molecule has 2 atom stereocenters. The maximum absolute atomic E-state index is 11.4. The lowest BCUT2D eigenvalue weighted by Gasteiger charge is -2.21. The molecular weight excluding hydrogens is 288 g/mol. The van der Waals surface area contributed by atoms with Gasteiger partial charge in [-0.05, 0) is 39.3 Å². The van der Waals surface area contributed by atoms with Gasteiger partial charge in [0.1, 0.15) is 11.7 Å². The van der Waals surface area contributed by atoms with Crippen molar-refractivity contribution < 1.29 is 24.5 Å². The number of hydrogen-bond donors (Lipinski definition) is 3. The number of aliphatic hydroxyl groups is 2. The van der Waals surface area contributed by atoms with Crippen LogP contribution in [-0.2, 0) is 4.74 Å². The van der Waals surface area contributed by atoms with Crippen LogP contribution in [-0.4, -0.2) is 45.8 Å². The van der Waals surface area contributed by atoms with E-state index in [0.717, 1.165) is 0 Å². The second-order valence-corrected chi connectivity index (χ2v) is 5.86. The highest BCUT2D eigenvalue weighted by molar-refractivity contribution is 5.73. The molecule has 0 fully saturated rings. The summed E-state index contributed by atoms with van der Waals surface area (Å²) in [6.07, 6.45) is -0.771. The smallest absolute Gasteiger partial charge is 0.407 e. The SMILES string of the molecule is CC(C)(C)OC(=O)NCCC(O)C(O)c1ccc(C=O)cn1. The number of ether oxygens (including phenoxy) is 1. The van der Waals surface area contributed by atoms with Crippen LogP contribution in [0.2, 0.25) is 0 Å². The molecule has 0 aliphatic carbocycles. The Labute approximate surface area is 129 Å². The fourth-order valence-electron chi connectivity index (χ4n) is 1.65. The van der Waals surface area contributed by atoms with Crippen molar-refractivity contribution in [2.45, 2.75) is 45.0 Å². The molecule has 0 spiro atoms. The molecular formula is C15H22N2O5. The van der Waals surface area contributed by atoms with Crippen LogP contribution in [0.3, 0.4) is 0 Å². The lowest BCUT2D eigenvalue weighted by molar-refractivity contribution is 0.00993. The summed E-state index contributed by atoms with van der Waals surface area (Å²) in [6.45, 7) is 5.40. The first-order valence-electron chi connectivity index (χ1n) is 6.97. The fraction of sp³-hybridized carbons (Fsp3) is 0.533. The van der Waals surface area contributed by atoms with E-state index in [9.17, 15) is 19.8 Å². The molecule has 1 heterocycles. The summed E-state index contributed by atoms with van der Waals surface area (Å²) < 4.78 is 5.05. The Kier molecular flexibility index (Phi) is 6.45. The Morgan fingerprint density at radius 3 is 2.59 bits per heavy atom. The zero-order valence-corrected chi connectivity index (χ0v) is 12.9. The largest absolute Gasteiger partial charge is 0.444 e. The Balaban J connectivity index is 2.42. The second-order valence-electron chi connectivity index (χ2n) is 5.86. The quantitative estimate of drug-likeness (QED) is 0.681. The number of aromatic nitrogens is 1. The summed E-state index contributed by atoms with van der Waals surface area (Å²) in [5.74, 6) is 0. The number of alkyl carbamates (subject to hydrolysis) is 1. The fourth-order valence-corrected chi connectivity index (χ4v) is 1.65. The molecule has 1 rings (SSSR count). The van der Waals surface area contributed by atoms with Crippen LogP contribution in [0.4, 0.5) is 4.79 Å². The van der Waals surface area contributed by atoms with Gasteiger partial charge in [-0.3, -0.25) is 9.78 Å². The molecule has 122 valence electrons. The van der Waals surface area contributed by atoms with Crippen LogP contribution in [0.15, 0.2) is 18.3 Å². The van der Waals surface area contributed by atoms with E-state index in [2.05, 4.69) is 10.3 Å². The van der Waals surface area contributed by atoms with Crippen molar-refractivity contribution in [3.8, 4) is 0 Å². The Hall–Kier alpha value is -1.99. The van der Waals surface area contributed by atoms with E-state index in [4.69, 9.17) is 4.74 Å². The number of rotatable bonds is 6. The highest BCUT2D eigenvalue weighted by Crippen LogP contribution is 2.16. The van der Waals surface area contributed by atoms with Gasteiger partial charge in [-0.15, -0.1) is 0 Å². The van der Waals surface area contributed by atoms with Crippen molar-refractivity contribution in [2.75, 3.05) is 6.54 Å². The van der Waals surface area contributed by atoms with Gasteiger partial charge < -0.3 is 20.3 Å².